The van der Waals surface area contributed by atoms with Crippen LogP contribution in [0.1, 0.15) is 68.6 Å². The number of nitrogens with zero attached hydrogens (tertiary/aromatic N) is 1. The minimum absolute atomic E-state index is 0.0660. The van der Waals surface area contributed by atoms with Crippen molar-refractivity contribution in [2.45, 2.75) is 64.4 Å². The van der Waals surface area contributed by atoms with Gasteiger partial charge in [0.25, 0.3) is 0 Å². The normalized spacial score (nSPS) is 18.6. The Morgan fingerprint density at radius 3 is 1.92 bits per heavy atom. The van der Waals surface area contributed by atoms with Crippen molar-refractivity contribution in [1.29, 1.82) is 0 Å². The summed E-state index contributed by atoms with van der Waals surface area (Å²) in [6, 6.07) is 23.1. The van der Waals surface area contributed by atoms with Gasteiger partial charge in [-0.25, -0.2) is 4.39 Å². The van der Waals surface area contributed by atoms with Crippen molar-refractivity contribution < 1.29 is 18.3 Å². The highest BCUT2D eigenvalue weighted by molar-refractivity contribution is 6.32. The summed E-state index contributed by atoms with van der Waals surface area (Å²) in [5, 5.41) is -0.131. The molecule has 1 fully saturated rings. The molecule has 194 valence electrons. The van der Waals surface area contributed by atoms with Crippen LogP contribution in [0.15, 0.2) is 72.8 Å². The van der Waals surface area contributed by atoms with E-state index in [0.717, 1.165) is 11.1 Å². The van der Waals surface area contributed by atoms with E-state index in [9.17, 15) is 4.79 Å². The molecule has 2 atom stereocenters. The smallest absolute Gasteiger partial charge is 0.237 e. The first kappa shape index (κ1) is 27.2. The lowest BCUT2D eigenvalue weighted by molar-refractivity contribution is -0.00563. The van der Waals surface area contributed by atoms with Gasteiger partial charge in [-0.3, -0.25) is 4.79 Å². The van der Waals surface area contributed by atoms with E-state index < -0.39 is 11.4 Å². The number of ketones is 1. The molecule has 4 rings (SSSR count). The number of morpholine rings is 1. The van der Waals surface area contributed by atoms with Crippen LogP contribution in [0.25, 0.3) is 0 Å². The van der Waals surface area contributed by atoms with E-state index in [0.29, 0.717) is 29.9 Å². The largest absolute Gasteiger partial charge is 0.400 e. The Labute approximate surface area is 222 Å². The molecule has 0 N–H and O–H groups in total. The van der Waals surface area contributed by atoms with Crippen LogP contribution in [0.3, 0.4) is 0 Å². The lowest BCUT2D eigenvalue weighted by Gasteiger charge is -2.43. The van der Waals surface area contributed by atoms with E-state index in [1.807, 2.05) is 80.6 Å². The third-order valence-electron chi connectivity index (χ3n) is 6.46. The van der Waals surface area contributed by atoms with Crippen molar-refractivity contribution in [1.82, 2.24) is 0 Å². The summed E-state index contributed by atoms with van der Waals surface area (Å²) >= 11 is 0. The fourth-order valence-corrected chi connectivity index (χ4v) is 5.78. The van der Waals surface area contributed by atoms with Gasteiger partial charge in [0.1, 0.15) is 11.4 Å². The van der Waals surface area contributed by atoms with Crippen LogP contribution in [-0.4, -0.2) is 40.8 Å². The van der Waals surface area contributed by atoms with Crippen LogP contribution in [0.5, 0.6) is 0 Å². The Morgan fingerprint density at radius 1 is 0.946 bits per heavy atom. The van der Waals surface area contributed by atoms with E-state index in [1.54, 1.807) is 0 Å². The molecule has 0 saturated carbocycles. The van der Waals surface area contributed by atoms with Crippen molar-refractivity contribution in [2.75, 3.05) is 18.0 Å². The fraction of sp³-hybridized carbons (Fsp3) is 0.387. The third-order valence-corrected chi connectivity index (χ3v) is 7.48. The second-order valence-electron chi connectivity index (χ2n) is 10.9. The maximum absolute atomic E-state index is 16.3. The van der Waals surface area contributed by atoms with Gasteiger partial charge in [-0.2, -0.15) is 0 Å². The van der Waals surface area contributed by atoms with Crippen molar-refractivity contribution in [3.8, 4) is 0 Å². The number of rotatable bonds is 7. The minimum atomic E-state index is -1.14. The molecule has 1 heterocycles. The molecule has 1 aliphatic rings. The summed E-state index contributed by atoms with van der Waals surface area (Å²) < 4.78 is 29.3. The second kappa shape index (κ2) is 10.9. The molecule has 3 aromatic rings. The summed E-state index contributed by atoms with van der Waals surface area (Å²) in [7, 11) is 0.103. The van der Waals surface area contributed by atoms with Crippen molar-refractivity contribution >= 4 is 21.2 Å². The van der Waals surface area contributed by atoms with Gasteiger partial charge >= 0.3 is 0 Å². The van der Waals surface area contributed by atoms with Gasteiger partial charge in [-0.05, 0) is 49.1 Å². The van der Waals surface area contributed by atoms with Gasteiger partial charge in [0.2, 0.25) is 9.76 Å². The lowest BCUT2D eigenvalue weighted by atomic mass is 9.78. The maximum Gasteiger partial charge on any atom is 0.237 e. The Hall–Kier alpha value is -2.80. The number of benzene rings is 3. The molecule has 0 amide bonds. The zero-order valence-corrected chi connectivity index (χ0v) is 23.5. The first-order valence-electron chi connectivity index (χ1n) is 12.8. The number of carbonyl (C=O) groups is 1. The molecule has 1 saturated heterocycles. The van der Waals surface area contributed by atoms with Crippen LogP contribution >= 0.6 is 0 Å². The molecular formula is C31H36FNO3Si. The standard InChI is InChI=1S/C31H36FNO3Si/c1-21-19-33(20-22(2)35-21)29-27(17-24(23(3)34)18-28(29)32)31(36-37-30(4,5)6,25-13-9-7-10-14-25)26-15-11-8-12-16-26/h7-18,21-22H,19-20H2,1-6H3. The number of ether oxygens (including phenoxy) is 1. The molecule has 1 aliphatic heterocycles. The van der Waals surface area contributed by atoms with Gasteiger partial charge in [0, 0.05) is 24.2 Å². The molecule has 6 heteroatoms. The van der Waals surface area contributed by atoms with Crippen molar-refractivity contribution in [3.05, 3.63) is 101 Å². The Bertz CT molecular complexity index is 1180. The third kappa shape index (κ3) is 5.87. The van der Waals surface area contributed by atoms with Crippen LogP contribution in [0.2, 0.25) is 5.04 Å². The number of hydrogen-bond donors (Lipinski definition) is 0. The van der Waals surface area contributed by atoms with Gasteiger partial charge < -0.3 is 14.1 Å². The first-order chi connectivity index (χ1) is 17.5. The highest BCUT2D eigenvalue weighted by atomic mass is 28.2. The van der Waals surface area contributed by atoms with E-state index in [2.05, 4.69) is 25.7 Å². The molecule has 3 aromatic carbocycles. The summed E-state index contributed by atoms with van der Waals surface area (Å²) in [6.07, 6.45) is -0.132. The van der Waals surface area contributed by atoms with Gasteiger partial charge in [0.05, 0.1) is 17.9 Å². The number of carbonyl (C=O) groups excluding carboxylic acids is 1. The molecule has 4 nitrogen and oxygen atoms in total. The van der Waals surface area contributed by atoms with E-state index in [4.69, 9.17) is 9.16 Å². The average molecular weight is 518 g/mol. The molecular weight excluding hydrogens is 481 g/mol. The number of anilines is 1. The number of Topliss-reactive ketones (excluding diaryl/α,β-unsaturated/α-hetero) is 1. The second-order valence-corrected chi connectivity index (χ2v) is 12.8. The summed E-state index contributed by atoms with van der Waals surface area (Å²) in [5.41, 5.74) is 2.04. The van der Waals surface area contributed by atoms with E-state index >= 15 is 4.39 Å². The Morgan fingerprint density at radius 2 is 1.46 bits per heavy atom. The van der Waals surface area contributed by atoms with E-state index in [1.165, 1.54) is 13.0 Å². The van der Waals surface area contributed by atoms with Crippen LogP contribution in [0, 0.1) is 5.82 Å². The quantitative estimate of drug-likeness (QED) is 0.197. The van der Waals surface area contributed by atoms with E-state index in [-0.39, 0.29) is 32.8 Å². The molecule has 0 spiro atoms. The van der Waals surface area contributed by atoms with Gasteiger partial charge in [-0.1, -0.05) is 81.4 Å². The Kier molecular flexibility index (Phi) is 8.02. The zero-order valence-electron chi connectivity index (χ0n) is 22.5. The lowest BCUT2D eigenvalue weighted by Crippen LogP contribution is -2.47. The summed E-state index contributed by atoms with van der Waals surface area (Å²) in [4.78, 5) is 14.7. The SMILES string of the molecule is CC(=O)c1cc(F)c(N2CC(C)OC(C)C2)c(C(O[Si]C(C)(C)C)(c2ccccc2)c2ccccc2)c1. The number of halogens is 1. The Balaban J connectivity index is 2.10. The topological polar surface area (TPSA) is 38.8 Å². The maximum atomic E-state index is 16.3. The molecule has 0 bridgehead atoms. The zero-order chi connectivity index (χ0) is 26.8. The minimum Gasteiger partial charge on any atom is -0.400 e. The predicted octanol–water partition coefficient (Wildman–Crippen LogP) is 6.79. The van der Waals surface area contributed by atoms with Crippen LogP contribution in [-0.2, 0) is 14.8 Å². The highest BCUT2D eigenvalue weighted by Gasteiger charge is 2.43. The number of hydrogen-bond acceptors (Lipinski definition) is 4. The van der Waals surface area contributed by atoms with Crippen molar-refractivity contribution in [3.63, 3.8) is 0 Å². The molecule has 0 aromatic heterocycles. The summed E-state index contributed by atoms with van der Waals surface area (Å²) in [6.45, 7) is 12.9. The fourth-order valence-electron chi connectivity index (χ4n) is 4.98. The van der Waals surface area contributed by atoms with Crippen molar-refractivity contribution in [2.24, 2.45) is 0 Å². The first-order valence-corrected chi connectivity index (χ1v) is 13.7. The molecule has 2 unspecified atom stereocenters. The summed E-state index contributed by atoms with van der Waals surface area (Å²) in [5.74, 6) is -0.619. The van der Waals surface area contributed by atoms with Gasteiger partial charge in [-0.15, -0.1) is 0 Å². The van der Waals surface area contributed by atoms with Crippen LogP contribution < -0.4 is 4.90 Å². The van der Waals surface area contributed by atoms with Gasteiger partial charge in [0.15, 0.2) is 5.78 Å². The average Bonchev–Trinajstić information content (AvgIpc) is 2.84. The predicted molar refractivity (Wildman–Crippen MR) is 148 cm³/mol. The molecule has 0 aliphatic carbocycles. The molecule has 2 radical (unpaired) electrons. The van der Waals surface area contributed by atoms with Crippen LogP contribution in [0.4, 0.5) is 10.1 Å². The highest BCUT2D eigenvalue weighted by Crippen LogP contribution is 2.47. The molecule has 37 heavy (non-hydrogen) atoms. The monoisotopic (exact) mass is 517 g/mol.